The summed E-state index contributed by atoms with van der Waals surface area (Å²) >= 11 is 0. The van der Waals surface area contributed by atoms with Gasteiger partial charge in [0.1, 0.15) is 17.2 Å². The molecule has 1 N–H and O–H groups in total. The molecule has 0 bridgehead atoms. The predicted octanol–water partition coefficient (Wildman–Crippen LogP) is 5.09. The SMILES string of the molecule is COc1ccc(-c2cc(NC(=O)CCOc3cccc(C)c3)ccc2OC)cc1. The maximum atomic E-state index is 12.3. The summed E-state index contributed by atoms with van der Waals surface area (Å²) in [5, 5.41) is 2.92. The van der Waals surface area contributed by atoms with Crippen LogP contribution in [0.3, 0.4) is 0 Å². The Bertz CT molecular complexity index is 967. The summed E-state index contributed by atoms with van der Waals surface area (Å²) in [4.78, 5) is 12.3. The summed E-state index contributed by atoms with van der Waals surface area (Å²) in [6.45, 7) is 2.32. The van der Waals surface area contributed by atoms with Gasteiger partial charge in [-0.1, -0.05) is 24.3 Å². The van der Waals surface area contributed by atoms with E-state index in [-0.39, 0.29) is 12.3 Å². The number of carbonyl (C=O) groups excluding carboxylic acids is 1. The highest BCUT2D eigenvalue weighted by Gasteiger charge is 2.10. The van der Waals surface area contributed by atoms with Crippen molar-refractivity contribution in [2.75, 3.05) is 26.1 Å². The van der Waals surface area contributed by atoms with Crippen LogP contribution < -0.4 is 19.5 Å². The molecule has 0 aliphatic heterocycles. The standard InChI is InChI=1S/C24H25NO4/c1-17-5-4-6-21(15-17)29-14-13-24(26)25-19-9-12-23(28-3)22(16-19)18-7-10-20(27-2)11-8-18/h4-12,15-16H,13-14H2,1-3H3,(H,25,26). The normalized spacial score (nSPS) is 10.3. The van der Waals surface area contributed by atoms with Crippen molar-refractivity contribution in [2.45, 2.75) is 13.3 Å². The number of hydrogen-bond donors (Lipinski definition) is 1. The number of anilines is 1. The Morgan fingerprint density at radius 1 is 0.897 bits per heavy atom. The smallest absolute Gasteiger partial charge is 0.227 e. The quantitative estimate of drug-likeness (QED) is 0.581. The lowest BCUT2D eigenvalue weighted by atomic mass is 10.0. The van der Waals surface area contributed by atoms with Crippen molar-refractivity contribution in [3.63, 3.8) is 0 Å². The number of carbonyl (C=O) groups is 1. The van der Waals surface area contributed by atoms with E-state index in [4.69, 9.17) is 14.2 Å². The third-order valence-electron chi connectivity index (χ3n) is 4.47. The second-order valence-electron chi connectivity index (χ2n) is 6.61. The molecule has 0 aromatic heterocycles. The van der Waals surface area contributed by atoms with Crippen LogP contribution in [0.2, 0.25) is 0 Å². The van der Waals surface area contributed by atoms with Crippen LogP contribution in [0, 0.1) is 6.92 Å². The topological polar surface area (TPSA) is 56.8 Å². The summed E-state index contributed by atoms with van der Waals surface area (Å²) in [6.07, 6.45) is 0.262. The molecule has 29 heavy (non-hydrogen) atoms. The van der Waals surface area contributed by atoms with Crippen LogP contribution >= 0.6 is 0 Å². The largest absolute Gasteiger partial charge is 0.497 e. The van der Waals surface area contributed by atoms with E-state index in [0.29, 0.717) is 12.3 Å². The van der Waals surface area contributed by atoms with Gasteiger partial charge in [-0.2, -0.15) is 0 Å². The lowest BCUT2D eigenvalue weighted by molar-refractivity contribution is -0.116. The van der Waals surface area contributed by atoms with Gasteiger partial charge in [-0.05, 0) is 60.5 Å². The Morgan fingerprint density at radius 2 is 1.69 bits per heavy atom. The van der Waals surface area contributed by atoms with Crippen molar-refractivity contribution < 1.29 is 19.0 Å². The van der Waals surface area contributed by atoms with E-state index >= 15 is 0 Å². The molecule has 0 heterocycles. The van der Waals surface area contributed by atoms with Crippen LogP contribution in [-0.2, 0) is 4.79 Å². The molecule has 5 nitrogen and oxygen atoms in total. The fourth-order valence-corrected chi connectivity index (χ4v) is 2.97. The van der Waals surface area contributed by atoms with E-state index in [1.54, 1.807) is 14.2 Å². The van der Waals surface area contributed by atoms with Crippen LogP contribution in [0.1, 0.15) is 12.0 Å². The Labute approximate surface area is 171 Å². The molecule has 0 aliphatic rings. The molecular formula is C24H25NO4. The van der Waals surface area contributed by atoms with Gasteiger partial charge < -0.3 is 19.5 Å². The zero-order chi connectivity index (χ0) is 20.6. The number of nitrogens with one attached hydrogen (secondary N) is 1. The minimum Gasteiger partial charge on any atom is -0.497 e. The molecule has 0 aliphatic carbocycles. The van der Waals surface area contributed by atoms with Gasteiger partial charge in [-0.15, -0.1) is 0 Å². The van der Waals surface area contributed by atoms with Gasteiger partial charge in [0.2, 0.25) is 5.91 Å². The third kappa shape index (κ3) is 5.51. The fraction of sp³-hybridized carbons (Fsp3) is 0.208. The highest BCUT2D eigenvalue weighted by Crippen LogP contribution is 2.33. The maximum Gasteiger partial charge on any atom is 0.227 e. The summed E-state index contributed by atoms with van der Waals surface area (Å²) in [5.74, 6) is 2.18. The summed E-state index contributed by atoms with van der Waals surface area (Å²) < 4.78 is 16.3. The second kappa shape index (κ2) is 9.64. The average Bonchev–Trinajstić information content (AvgIpc) is 2.74. The molecule has 0 radical (unpaired) electrons. The van der Waals surface area contributed by atoms with Crippen LogP contribution in [0.15, 0.2) is 66.7 Å². The zero-order valence-electron chi connectivity index (χ0n) is 16.9. The number of hydrogen-bond acceptors (Lipinski definition) is 4. The molecule has 0 spiro atoms. The molecule has 1 amide bonds. The second-order valence-corrected chi connectivity index (χ2v) is 6.61. The van der Waals surface area contributed by atoms with Gasteiger partial charge in [0.05, 0.1) is 27.2 Å². The molecule has 3 rings (SSSR count). The lowest BCUT2D eigenvalue weighted by Gasteiger charge is -2.13. The summed E-state index contributed by atoms with van der Waals surface area (Å²) in [6, 6.07) is 21.0. The molecule has 3 aromatic carbocycles. The predicted molar refractivity (Wildman–Crippen MR) is 115 cm³/mol. The summed E-state index contributed by atoms with van der Waals surface area (Å²) in [5.41, 5.74) is 3.69. The first-order chi connectivity index (χ1) is 14.1. The van der Waals surface area contributed by atoms with Crippen molar-refractivity contribution >= 4 is 11.6 Å². The first-order valence-electron chi connectivity index (χ1n) is 9.41. The molecule has 3 aromatic rings. The molecule has 0 saturated heterocycles. The highest BCUT2D eigenvalue weighted by molar-refractivity contribution is 5.92. The molecule has 0 saturated carbocycles. The van der Waals surface area contributed by atoms with E-state index in [0.717, 1.165) is 33.9 Å². The Balaban J connectivity index is 1.64. The number of aryl methyl sites for hydroxylation is 1. The lowest BCUT2D eigenvalue weighted by Crippen LogP contribution is -2.15. The third-order valence-corrected chi connectivity index (χ3v) is 4.47. The number of ether oxygens (including phenoxy) is 3. The van der Waals surface area contributed by atoms with Gasteiger partial charge in [0.15, 0.2) is 0 Å². The van der Waals surface area contributed by atoms with Gasteiger partial charge in [-0.25, -0.2) is 0 Å². The molecule has 150 valence electrons. The van der Waals surface area contributed by atoms with Gasteiger partial charge in [0, 0.05) is 11.3 Å². The van der Waals surface area contributed by atoms with Crippen molar-refractivity contribution in [3.8, 4) is 28.4 Å². The van der Waals surface area contributed by atoms with Crippen molar-refractivity contribution in [2.24, 2.45) is 0 Å². The van der Waals surface area contributed by atoms with Gasteiger partial charge in [-0.3, -0.25) is 4.79 Å². The van der Waals surface area contributed by atoms with Crippen molar-refractivity contribution in [3.05, 3.63) is 72.3 Å². The first kappa shape index (κ1) is 20.3. The molecule has 0 fully saturated rings. The zero-order valence-corrected chi connectivity index (χ0v) is 16.9. The minimum absolute atomic E-state index is 0.108. The average molecular weight is 391 g/mol. The number of methoxy groups -OCH3 is 2. The van der Waals surface area contributed by atoms with E-state index in [1.165, 1.54) is 0 Å². The van der Waals surface area contributed by atoms with E-state index in [1.807, 2.05) is 73.7 Å². The van der Waals surface area contributed by atoms with Crippen LogP contribution in [-0.4, -0.2) is 26.7 Å². The van der Waals surface area contributed by atoms with E-state index in [2.05, 4.69) is 5.32 Å². The summed E-state index contributed by atoms with van der Waals surface area (Å²) in [7, 11) is 3.26. The Morgan fingerprint density at radius 3 is 2.38 bits per heavy atom. The first-order valence-corrected chi connectivity index (χ1v) is 9.41. The molecule has 0 atom stereocenters. The monoisotopic (exact) mass is 391 g/mol. The fourth-order valence-electron chi connectivity index (χ4n) is 2.97. The number of rotatable bonds is 8. The van der Waals surface area contributed by atoms with Crippen molar-refractivity contribution in [1.82, 2.24) is 0 Å². The minimum atomic E-state index is -0.108. The number of benzene rings is 3. The molecular weight excluding hydrogens is 366 g/mol. The Hall–Kier alpha value is -3.47. The van der Waals surface area contributed by atoms with Gasteiger partial charge >= 0.3 is 0 Å². The number of amides is 1. The van der Waals surface area contributed by atoms with Crippen molar-refractivity contribution in [1.29, 1.82) is 0 Å². The molecule has 0 unspecified atom stereocenters. The van der Waals surface area contributed by atoms with Gasteiger partial charge in [0.25, 0.3) is 0 Å². The Kier molecular flexibility index (Phi) is 6.74. The molecule has 5 heteroatoms. The van der Waals surface area contributed by atoms with Crippen LogP contribution in [0.4, 0.5) is 5.69 Å². The van der Waals surface area contributed by atoms with Crippen LogP contribution in [0.25, 0.3) is 11.1 Å². The highest BCUT2D eigenvalue weighted by atomic mass is 16.5. The van der Waals surface area contributed by atoms with Crippen LogP contribution in [0.5, 0.6) is 17.2 Å². The van der Waals surface area contributed by atoms with E-state index in [9.17, 15) is 4.79 Å². The maximum absolute atomic E-state index is 12.3. The van der Waals surface area contributed by atoms with E-state index < -0.39 is 0 Å².